The SMILES string of the molecule is O=C(NCCC(CCO)c1cccs1)c1cc2ccccc2o1. The van der Waals surface area contributed by atoms with Crippen molar-refractivity contribution >= 4 is 28.2 Å². The first kappa shape index (κ1) is 15.8. The van der Waals surface area contributed by atoms with Crippen molar-refractivity contribution in [3.8, 4) is 0 Å². The topological polar surface area (TPSA) is 62.5 Å². The molecule has 2 aromatic heterocycles. The van der Waals surface area contributed by atoms with Gasteiger partial charge < -0.3 is 14.8 Å². The maximum Gasteiger partial charge on any atom is 0.287 e. The van der Waals surface area contributed by atoms with Crippen molar-refractivity contribution < 1.29 is 14.3 Å². The molecule has 23 heavy (non-hydrogen) atoms. The molecule has 3 rings (SSSR count). The van der Waals surface area contributed by atoms with Crippen LogP contribution in [0.4, 0.5) is 0 Å². The van der Waals surface area contributed by atoms with Crippen LogP contribution in [0.25, 0.3) is 11.0 Å². The summed E-state index contributed by atoms with van der Waals surface area (Å²) in [5, 5.41) is 15.1. The number of fused-ring (bicyclic) bond motifs is 1. The first-order chi connectivity index (χ1) is 11.3. The number of thiophene rings is 1. The highest BCUT2D eigenvalue weighted by Crippen LogP contribution is 2.27. The Morgan fingerprint density at radius 1 is 1.22 bits per heavy atom. The van der Waals surface area contributed by atoms with Crippen LogP contribution in [0.3, 0.4) is 0 Å². The maximum absolute atomic E-state index is 12.2. The molecule has 5 heteroatoms. The molecule has 0 spiro atoms. The first-order valence-electron chi connectivity index (χ1n) is 7.69. The fourth-order valence-corrected chi connectivity index (χ4v) is 3.55. The van der Waals surface area contributed by atoms with E-state index in [1.165, 1.54) is 4.88 Å². The van der Waals surface area contributed by atoms with Crippen LogP contribution in [0.5, 0.6) is 0 Å². The molecule has 0 aliphatic rings. The van der Waals surface area contributed by atoms with Gasteiger partial charge in [0.1, 0.15) is 5.58 Å². The van der Waals surface area contributed by atoms with Gasteiger partial charge >= 0.3 is 0 Å². The first-order valence-corrected chi connectivity index (χ1v) is 8.57. The van der Waals surface area contributed by atoms with Gasteiger partial charge in [0.05, 0.1) is 0 Å². The minimum absolute atomic E-state index is 0.153. The number of benzene rings is 1. The number of hydrogen-bond donors (Lipinski definition) is 2. The highest BCUT2D eigenvalue weighted by molar-refractivity contribution is 7.10. The highest BCUT2D eigenvalue weighted by Gasteiger charge is 2.15. The number of rotatable bonds is 7. The Labute approximate surface area is 138 Å². The summed E-state index contributed by atoms with van der Waals surface area (Å²) in [6.07, 6.45) is 1.51. The van der Waals surface area contributed by atoms with Crippen molar-refractivity contribution in [3.63, 3.8) is 0 Å². The molecule has 1 atom stereocenters. The standard InChI is InChI=1S/C18H19NO3S/c20-10-8-13(17-6-3-11-23-17)7-9-19-18(21)16-12-14-4-1-2-5-15(14)22-16/h1-6,11-13,20H,7-10H2,(H,19,21). The average Bonchev–Trinajstić information content (AvgIpc) is 3.23. The summed E-state index contributed by atoms with van der Waals surface area (Å²) >= 11 is 1.69. The molecule has 1 unspecified atom stereocenters. The van der Waals surface area contributed by atoms with Gasteiger partial charge in [-0.3, -0.25) is 4.79 Å². The Balaban J connectivity index is 1.57. The van der Waals surface area contributed by atoms with E-state index in [1.807, 2.05) is 35.7 Å². The van der Waals surface area contributed by atoms with Crippen LogP contribution in [-0.2, 0) is 0 Å². The summed E-state index contributed by atoms with van der Waals surface area (Å²) in [5.74, 6) is 0.409. The minimum atomic E-state index is -0.199. The summed E-state index contributed by atoms with van der Waals surface area (Å²) < 4.78 is 5.56. The zero-order valence-corrected chi connectivity index (χ0v) is 13.5. The lowest BCUT2D eigenvalue weighted by Gasteiger charge is -2.14. The third-order valence-corrected chi connectivity index (χ3v) is 4.89. The molecule has 0 saturated carbocycles. The van der Waals surface area contributed by atoms with Crippen molar-refractivity contribution in [1.82, 2.24) is 5.32 Å². The monoisotopic (exact) mass is 329 g/mol. The van der Waals surface area contributed by atoms with Gasteiger partial charge in [0.15, 0.2) is 5.76 Å². The molecule has 4 nitrogen and oxygen atoms in total. The summed E-state index contributed by atoms with van der Waals surface area (Å²) in [6, 6.07) is 13.4. The van der Waals surface area contributed by atoms with Crippen molar-refractivity contribution in [1.29, 1.82) is 0 Å². The van der Waals surface area contributed by atoms with Crippen molar-refractivity contribution in [3.05, 3.63) is 58.5 Å². The molecule has 0 aliphatic carbocycles. The quantitative estimate of drug-likeness (QED) is 0.693. The Kier molecular flexibility index (Phi) is 5.10. The Bertz CT molecular complexity index is 731. The summed E-state index contributed by atoms with van der Waals surface area (Å²) in [7, 11) is 0. The van der Waals surface area contributed by atoms with Gasteiger partial charge in [-0.15, -0.1) is 11.3 Å². The predicted molar refractivity (Wildman–Crippen MR) is 91.9 cm³/mol. The smallest absolute Gasteiger partial charge is 0.287 e. The second-order valence-electron chi connectivity index (χ2n) is 5.42. The lowest BCUT2D eigenvalue weighted by Crippen LogP contribution is -2.25. The number of amides is 1. The van der Waals surface area contributed by atoms with E-state index < -0.39 is 0 Å². The van der Waals surface area contributed by atoms with Gasteiger partial charge in [0.2, 0.25) is 0 Å². The number of carbonyl (C=O) groups is 1. The number of carbonyl (C=O) groups excluding carboxylic acids is 1. The van der Waals surface area contributed by atoms with Crippen LogP contribution < -0.4 is 5.32 Å². The van der Waals surface area contributed by atoms with Crippen molar-refractivity contribution in [2.75, 3.05) is 13.2 Å². The van der Waals surface area contributed by atoms with Gasteiger partial charge in [-0.2, -0.15) is 0 Å². The van der Waals surface area contributed by atoms with E-state index in [9.17, 15) is 9.90 Å². The number of furan rings is 1. The fraction of sp³-hybridized carbons (Fsp3) is 0.278. The average molecular weight is 329 g/mol. The lowest BCUT2D eigenvalue weighted by atomic mass is 10.00. The normalized spacial score (nSPS) is 12.4. The van der Waals surface area contributed by atoms with E-state index in [-0.39, 0.29) is 18.4 Å². The van der Waals surface area contributed by atoms with E-state index in [1.54, 1.807) is 17.4 Å². The molecular weight excluding hydrogens is 310 g/mol. The van der Waals surface area contributed by atoms with Gasteiger partial charge in [0.25, 0.3) is 5.91 Å². The molecule has 120 valence electrons. The zero-order chi connectivity index (χ0) is 16.1. The van der Waals surface area contributed by atoms with Crippen molar-refractivity contribution in [2.45, 2.75) is 18.8 Å². The molecule has 1 aromatic carbocycles. The third kappa shape index (κ3) is 3.81. The highest BCUT2D eigenvalue weighted by atomic mass is 32.1. The van der Waals surface area contributed by atoms with Gasteiger partial charge in [-0.1, -0.05) is 24.3 Å². The largest absolute Gasteiger partial charge is 0.451 e. The molecule has 3 aromatic rings. The van der Waals surface area contributed by atoms with E-state index in [4.69, 9.17) is 4.42 Å². The van der Waals surface area contributed by atoms with Crippen LogP contribution in [-0.4, -0.2) is 24.2 Å². The summed E-state index contributed by atoms with van der Waals surface area (Å²) in [6.45, 7) is 0.707. The summed E-state index contributed by atoms with van der Waals surface area (Å²) in [4.78, 5) is 13.4. The van der Waals surface area contributed by atoms with Crippen LogP contribution in [0.2, 0.25) is 0 Å². The predicted octanol–water partition coefficient (Wildman–Crippen LogP) is 3.78. The van der Waals surface area contributed by atoms with Crippen LogP contribution in [0.15, 0.2) is 52.3 Å². The second kappa shape index (κ2) is 7.44. The number of para-hydroxylation sites is 1. The third-order valence-electron chi connectivity index (χ3n) is 3.85. The van der Waals surface area contributed by atoms with E-state index >= 15 is 0 Å². The Morgan fingerprint density at radius 3 is 2.83 bits per heavy atom. The molecule has 0 bridgehead atoms. The fourth-order valence-electron chi connectivity index (χ4n) is 2.65. The molecule has 0 aliphatic heterocycles. The number of nitrogens with one attached hydrogen (secondary N) is 1. The van der Waals surface area contributed by atoms with Crippen LogP contribution >= 0.6 is 11.3 Å². The van der Waals surface area contributed by atoms with Crippen LogP contribution in [0, 0.1) is 0 Å². The molecule has 2 N–H and O–H groups in total. The van der Waals surface area contributed by atoms with E-state index in [0.29, 0.717) is 18.7 Å². The van der Waals surface area contributed by atoms with E-state index in [0.717, 1.165) is 17.4 Å². The number of aliphatic hydroxyl groups is 1. The number of aliphatic hydroxyl groups excluding tert-OH is 1. The van der Waals surface area contributed by atoms with E-state index in [2.05, 4.69) is 11.4 Å². The molecule has 2 heterocycles. The Hall–Kier alpha value is -2.11. The number of hydrogen-bond acceptors (Lipinski definition) is 4. The van der Waals surface area contributed by atoms with Gasteiger partial charge in [-0.05, 0) is 42.3 Å². The van der Waals surface area contributed by atoms with Crippen molar-refractivity contribution in [2.24, 2.45) is 0 Å². The molecule has 1 amide bonds. The Morgan fingerprint density at radius 2 is 2.09 bits per heavy atom. The maximum atomic E-state index is 12.2. The lowest BCUT2D eigenvalue weighted by molar-refractivity contribution is 0.0926. The zero-order valence-electron chi connectivity index (χ0n) is 12.7. The molecule has 0 saturated heterocycles. The molecular formula is C18H19NO3S. The summed E-state index contributed by atoms with van der Waals surface area (Å²) in [5.41, 5.74) is 0.717. The van der Waals surface area contributed by atoms with Gasteiger partial charge in [-0.25, -0.2) is 0 Å². The molecule has 0 radical (unpaired) electrons. The second-order valence-corrected chi connectivity index (χ2v) is 6.40. The van der Waals surface area contributed by atoms with Crippen LogP contribution in [0.1, 0.15) is 34.2 Å². The van der Waals surface area contributed by atoms with Gasteiger partial charge in [0, 0.05) is 23.4 Å². The minimum Gasteiger partial charge on any atom is -0.451 e. The molecule has 0 fully saturated rings.